The lowest BCUT2D eigenvalue weighted by atomic mass is 10.1. The number of ether oxygens (including phenoxy) is 1. The largest absolute Gasteiger partial charge is 0.497 e. The van der Waals surface area contributed by atoms with Gasteiger partial charge in [0, 0.05) is 24.2 Å². The molecule has 0 spiro atoms. The maximum atomic E-state index is 11.9. The van der Waals surface area contributed by atoms with E-state index >= 15 is 0 Å². The molecule has 0 amide bonds. The molecule has 2 N–H and O–H groups in total. The molecular formula is C14H17N3O2. The van der Waals surface area contributed by atoms with E-state index in [1.807, 2.05) is 31.2 Å². The summed E-state index contributed by atoms with van der Waals surface area (Å²) in [6, 6.07) is 9.30. The highest BCUT2D eigenvalue weighted by atomic mass is 16.5. The van der Waals surface area contributed by atoms with Crippen LogP contribution in [0, 0.1) is 0 Å². The van der Waals surface area contributed by atoms with Crippen LogP contribution in [0.5, 0.6) is 5.75 Å². The molecule has 5 nitrogen and oxygen atoms in total. The third-order valence-corrected chi connectivity index (χ3v) is 2.93. The van der Waals surface area contributed by atoms with Gasteiger partial charge in [0.2, 0.25) is 0 Å². The molecular weight excluding hydrogens is 242 g/mol. The van der Waals surface area contributed by atoms with Gasteiger partial charge in [0.25, 0.3) is 5.56 Å². The first kappa shape index (κ1) is 13.3. The molecule has 0 bridgehead atoms. The molecule has 0 aliphatic carbocycles. The van der Waals surface area contributed by atoms with E-state index in [9.17, 15) is 4.79 Å². The van der Waals surface area contributed by atoms with Gasteiger partial charge in [-0.1, -0.05) is 12.1 Å². The first-order valence-corrected chi connectivity index (χ1v) is 6.15. The van der Waals surface area contributed by atoms with Crippen LogP contribution in [0.4, 0.5) is 0 Å². The summed E-state index contributed by atoms with van der Waals surface area (Å²) in [5, 5.41) is 4.34. The topological polar surface area (TPSA) is 70.1 Å². The Morgan fingerprint density at radius 1 is 1.37 bits per heavy atom. The Balaban J connectivity index is 2.58. The van der Waals surface area contributed by atoms with Crippen LogP contribution in [-0.2, 0) is 13.1 Å². The normalized spacial score (nSPS) is 10.5. The van der Waals surface area contributed by atoms with E-state index in [0.29, 0.717) is 12.1 Å². The molecule has 100 valence electrons. The molecule has 0 radical (unpaired) electrons. The molecule has 2 rings (SSSR count). The summed E-state index contributed by atoms with van der Waals surface area (Å²) in [5.41, 5.74) is 7.67. The lowest BCUT2D eigenvalue weighted by Crippen LogP contribution is -2.27. The fourth-order valence-corrected chi connectivity index (χ4v) is 1.88. The van der Waals surface area contributed by atoms with Gasteiger partial charge in [-0.05, 0) is 25.1 Å². The Morgan fingerprint density at radius 2 is 2.16 bits per heavy atom. The number of nitrogens with zero attached hydrogens (tertiary/aromatic N) is 2. The molecule has 5 heteroatoms. The van der Waals surface area contributed by atoms with Crippen LogP contribution >= 0.6 is 0 Å². The van der Waals surface area contributed by atoms with Crippen molar-refractivity contribution in [3.63, 3.8) is 0 Å². The lowest BCUT2D eigenvalue weighted by Gasteiger charge is -2.09. The van der Waals surface area contributed by atoms with Gasteiger partial charge < -0.3 is 10.5 Å². The SMILES string of the molecule is CCn1nc(-c2cccc(OC)c2)cc(CN)c1=O. The summed E-state index contributed by atoms with van der Waals surface area (Å²) in [7, 11) is 1.62. The summed E-state index contributed by atoms with van der Waals surface area (Å²) >= 11 is 0. The van der Waals surface area contributed by atoms with Gasteiger partial charge in [0.15, 0.2) is 0 Å². The number of rotatable bonds is 4. The van der Waals surface area contributed by atoms with Crippen LogP contribution in [0.15, 0.2) is 35.1 Å². The molecule has 0 saturated carbocycles. The number of hydrogen-bond donors (Lipinski definition) is 1. The fourth-order valence-electron chi connectivity index (χ4n) is 1.88. The Labute approximate surface area is 111 Å². The molecule has 0 saturated heterocycles. The Kier molecular flexibility index (Phi) is 3.97. The van der Waals surface area contributed by atoms with Crippen molar-refractivity contribution < 1.29 is 4.74 Å². The summed E-state index contributed by atoms with van der Waals surface area (Å²) in [5.74, 6) is 0.753. The molecule has 0 fully saturated rings. The zero-order chi connectivity index (χ0) is 13.8. The standard InChI is InChI=1S/C14H17N3O2/c1-3-17-14(18)11(9-15)8-13(16-17)10-5-4-6-12(7-10)19-2/h4-8H,3,9,15H2,1-2H3. The number of methoxy groups -OCH3 is 1. The molecule has 1 aromatic heterocycles. The average Bonchev–Trinajstić information content (AvgIpc) is 2.47. The van der Waals surface area contributed by atoms with Gasteiger partial charge in [0.1, 0.15) is 5.75 Å². The van der Waals surface area contributed by atoms with Gasteiger partial charge in [-0.25, -0.2) is 4.68 Å². The molecule has 0 unspecified atom stereocenters. The molecule has 1 aromatic carbocycles. The van der Waals surface area contributed by atoms with Gasteiger partial charge in [-0.3, -0.25) is 4.79 Å². The number of aromatic nitrogens is 2. The van der Waals surface area contributed by atoms with Crippen molar-refractivity contribution in [3.8, 4) is 17.0 Å². The van der Waals surface area contributed by atoms with E-state index in [4.69, 9.17) is 10.5 Å². The second-order valence-corrected chi connectivity index (χ2v) is 4.11. The second-order valence-electron chi connectivity index (χ2n) is 4.11. The van der Waals surface area contributed by atoms with E-state index in [2.05, 4.69) is 5.10 Å². The zero-order valence-electron chi connectivity index (χ0n) is 11.1. The summed E-state index contributed by atoms with van der Waals surface area (Å²) < 4.78 is 6.62. The first-order chi connectivity index (χ1) is 9.19. The molecule has 0 atom stereocenters. The van der Waals surface area contributed by atoms with E-state index in [1.165, 1.54) is 4.68 Å². The van der Waals surface area contributed by atoms with Gasteiger partial charge >= 0.3 is 0 Å². The van der Waals surface area contributed by atoms with E-state index in [1.54, 1.807) is 13.2 Å². The second kappa shape index (κ2) is 5.67. The third-order valence-electron chi connectivity index (χ3n) is 2.93. The van der Waals surface area contributed by atoms with E-state index in [-0.39, 0.29) is 12.1 Å². The van der Waals surface area contributed by atoms with Crippen molar-refractivity contribution in [1.29, 1.82) is 0 Å². The lowest BCUT2D eigenvalue weighted by molar-refractivity contribution is 0.415. The van der Waals surface area contributed by atoms with Crippen LogP contribution in [0.25, 0.3) is 11.3 Å². The quantitative estimate of drug-likeness (QED) is 0.901. The van der Waals surface area contributed by atoms with Crippen molar-refractivity contribution in [2.24, 2.45) is 5.73 Å². The average molecular weight is 259 g/mol. The Morgan fingerprint density at radius 3 is 2.79 bits per heavy atom. The van der Waals surface area contributed by atoms with Crippen LogP contribution in [0.3, 0.4) is 0 Å². The van der Waals surface area contributed by atoms with Crippen LogP contribution < -0.4 is 16.0 Å². The molecule has 19 heavy (non-hydrogen) atoms. The van der Waals surface area contributed by atoms with Gasteiger partial charge in [-0.2, -0.15) is 5.10 Å². The minimum atomic E-state index is -0.128. The van der Waals surface area contributed by atoms with Crippen LogP contribution in [0.1, 0.15) is 12.5 Å². The first-order valence-electron chi connectivity index (χ1n) is 6.15. The van der Waals surface area contributed by atoms with Gasteiger partial charge in [-0.15, -0.1) is 0 Å². The molecule has 2 aromatic rings. The highest BCUT2D eigenvalue weighted by Gasteiger charge is 2.08. The Hall–Kier alpha value is -2.14. The van der Waals surface area contributed by atoms with Gasteiger partial charge in [0.05, 0.1) is 12.8 Å². The van der Waals surface area contributed by atoms with E-state index < -0.39 is 0 Å². The third kappa shape index (κ3) is 2.66. The predicted octanol–water partition coefficient (Wildman–Crippen LogP) is 1.40. The maximum Gasteiger partial charge on any atom is 0.271 e. The summed E-state index contributed by atoms with van der Waals surface area (Å²) in [4.78, 5) is 11.9. The van der Waals surface area contributed by atoms with E-state index in [0.717, 1.165) is 17.0 Å². The highest BCUT2D eigenvalue weighted by Crippen LogP contribution is 2.21. The number of nitrogens with two attached hydrogens (primary N) is 1. The molecule has 0 aliphatic heterocycles. The van der Waals surface area contributed by atoms with Crippen molar-refractivity contribution in [2.75, 3.05) is 7.11 Å². The smallest absolute Gasteiger partial charge is 0.271 e. The number of aryl methyl sites for hydroxylation is 1. The molecule has 0 aliphatic rings. The molecule has 1 heterocycles. The number of benzene rings is 1. The maximum absolute atomic E-state index is 11.9. The van der Waals surface area contributed by atoms with Crippen molar-refractivity contribution in [1.82, 2.24) is 9.78 Å². The predicted molar refractivity (Wildman–Crippen MR) is 74.1 cm³/mol. The highest BCUT2D eigenvalue weighted by molar-refractivity contribution is 5.61. The summed E-state index contributed by atoms with van der Waals surface area (Å²) in [6.07, 6.45) is 0. The summed E-state index contributed by atoms with van der Waals surface area (Å²) in [6.45, 7) is 2.60. The van der Waals surface area contributed by atoms with Crippen LogP contribution in [0.2, 0.25) is 0 Å². The minimum absolute atomic E-state index is 0.128. The zero-order valence-corrected chi connectivity index (χ0v) is 11.1. The fraction of sp³-hybridized carbons (Fsp3) is 0.286. The Bertz CT molecular complexity index is 607. The van der Waals surface area contributed by atoms with Crippen LogP contribution in [-0.4, -0.2) is 16.9 Å². The van der Waals surface area contributed by atoms with Crippen molar-refractivity contribution in [2.45, 2.75) is 20.0 Å². The number of hydrogen-bond acceptors (Lipinski definition) is 4. The van der Waals surface area contributed by atoms with Crippen molar-refractivity contribution in [3.05, 3.63) is 46.2 Å². The van der Waals surface area contributed by atoms with Crippen molar-refractivity contribution >= 4 is 0 Å². The minimum Gasteiger partial charge on any atom is -0.497 e. The monoisotopic (exact) mass is 259 g/mol.